The summed E-state index contributed by atoms with van der Waals surface area (Å²) in [5, 5.41) is 1.41. The quantitative estimate of drug-likeness (QED) is 0.747. The Morgan fingerprint density at radius 3 is 2.43 bits per heavy atom. The lowest BCUT2D eigenvalue weighted by Gasteiger charge is -2.11. The molecule has 1 amide bonds. The van der Waals surface area contributed by atoms with Crippen LogP contribution in [0.5, 0.6) is 11.5 Å². The van der Waals surface area contributed by atoms with Crippen molar-refractivity contribution in [2.24, 2.45) is 5.73 Å². The Labute approximate surface area is 131 Å². The molecule has 0 saturated heterocycles. The van der Waals surface area contributed by atoms with Crippen molar-refractivity contribution in [2.75, 3.05) is 0 Å². The molecule has 0 fully saturated rings. The van der Waals surface area contributed by atoms with Crippen LogP contribution in [0.25, 0.3) is 10.8 Å². The van der Waals surface area contributed by atoms with Crippen LogP contribution in [0.2, 0.25) is 0 Å². The number of rotatable bonds is 4. The second-order valence-corrected chi connectivity index (χ2v) is 4.93. The summed E-state index contributed by atoms with van der Waals surface area (Å²) in [5.41, 5.74) is 5.70. The topological polar surface area (TPSA) is 69.4 Å². The Morgan fingerprint density at radius 1 is 1.00 bits per heavy atom. The number of hydrogen-bond acceptors (Lipinski definition) is 3. The number of amides is 1. The van der Waals surface area contributed by atoms with Gasteiger partial charge in [-0.1, -0.05) is 30.3 Å². The molecule has 0 heterocycles. The molecule has 0 bridgehead atoms. The van der Waals surface area contributed by atoms with Crippen LogP contribution in [-0.4, -0.2) is 12.2 Å². The van der Waals surface area contributed by atoms with Crippen LogP contribution in [0, 0.1) is 5.82 Å². The molecule has 0 aliphatic carbocycles. The first-order valence-electron chi connectivity index (χ1n) is 6.84. The van der Waals surface area contributed by atoms with Gasteiger partial charge in [-0.3, -0.25) is 9.59 Å². The minimum Gasteiger partial charge on any atom is -0.454 e. The number of hydrogen-bond donors (Lipinski definition) is 1. The van der Waals surface area contributed by atoms with Crippen molar-refractivity contribution in [3.63, 3.8) is 0 Å². The Balaban J connectivity index is 2.05. The number of carbonyl (C=O) groups excluding carboxylic acids is 2. The third kappa shape index (κ3) is 2.76. The first-order valence-corrected chi connectivity index (χ1v) is 6.84. The second-order valence-electron chi connectivity index (χ2n) is 4.93. The largest absolute Gasteiger partial charge is 0.454 e. The lowest BCUT2D eigenvalue weighted by atomic mass is 10.0. The van der Waals surface area contributed by atoms with E-state index in [0.717, 1.165) is 12.4 Å². The van der Waals surface area contributed by atoms with E-state index in [9.17, 15) is 14.0 Å². The Kier molecular flexibility index (Phi) is 3.76. The average molecular weight is 309 g/mol. The highest BCUT2D eigenvalue weighted by atomic mass is 19.1. The minimum atomic E-state index is -0.712. The summed E-state index contributed by atoms with van der Waals surface area (Å²) in [5.74, 6) is -1.02. The first-order chi connectivity index (χ1) is 11.1. The van der Waals surface area contributed by atoms with Crippen LogP contribution in [0.4, 0.5) is 4.39 Å². The number of nitrogens with two attached hydrogens (primary N) is 1. The van der Waals surface area contributed by atoms with E-state index in [-0.39, 0.29) is 11.3 Å². The molecule has 0 aliphatic rings. The highest BCUT2D eigenvalue weighted by molar-refractivity contribution is 6.00. The third-order valence-corrected chi connectivity index (χ3v) is 3.48. The molecule has 3 rings (SSSR count). The zero-order valence-corrected chi connectivity index (χ0v) is 12.0. The Morgan fingerprint density at radius 2 is 1.74 bits per heavy atom. The Bertz CT molecular complexity index is 921. The van der Waals surface area contributed by atoms with Crippen LogP contribution in [0.3, 0.4) is 0 Å². The summed E-state index contributed by atoms with van der Waals surface area (Å²) in [6, 6.07) is 14.2. The number of benzene rings is 3. The maximum atomic E-state index is 14.1. The molecule has 2 N–H and O–H groups in total. The highest BCUT2D eigenvalue weighted by Crippen LogP contribution is 2.32. The van der Waals surface area contributed by atoms with Crippen LogP contribution in [0.15, 0.2) is 54.6 Å². The molecule has 0 saturated carbocycles. The summed E-state index contributed by atoms with van der Waals surface area (Å²) < 4.78 is 19.7. The zero-order valence-electron chi connectivity index (χ0n) is 12.0. The molecule has 114 valence electrons. The van der Waals surface area contributed by atoms with E-state index in [1.165, 1.54) is 12.1 Å². The molecule has 23 heavy (non-hydrogen) atoms. The van der Waals surface area contributed by atoms with Crippen LogP contribution in [0.1, 0.15) is 20.7 Å². The molecule has 0 spiro atoms. The van der Waals surface area contributed by atoms with Gasteiger partial charge in [0.2, 0.25) is 5.91 Å². The summed E-state index contributed by atoms with van der Waals surface area (Å²) in [4.78, 5) is 22.2. The number of primary amides is 1. The average Bonchev–Trinajstić information content (AvgIpc) is 2.56. The predicted octanol–water partition coefficient (Wildman–Crippen LogP) is 3.68. The summed E-state index contributed by atoms with van der Waals surface area (Å²) in [6.07, 6.45) is 0.758. The summed E-state index contributed by atoms with van der Waals surface area (Å²) in [7, 11) is 0. The molecular weight excluding hydrogens is 297 g/mol. The molecule has 3 aromatic carbocycles. The van der Waals surface area contributed by atoms with Gasteiger partial charge in [-0.25, -0.2) is 4.39 Å². The van der Waals surface area contributed by atoms with Crippen molar-refractivity contribution in [1.82, 2.24) is 0 Å². The maximum Gasteiger partial charge on any atom is 0.248 e. The molecule has 0 atom stereocenters. The number of ether oxygens (including phenoxy) is 1. The van der Waals surface area contributed by atoms with Crippen molar-refractivity contribution >= 4 is 23.0 Å². The van der Waals surface area contributed by atoms with Crippen molar-refractivity contribution in [3.05, 3.63) is 71.5 Å². The van der Waals surface area contributed by atoms with Crippen molar-refractivity contribution in [1.29, 1.82) is 0 Å². The third-order valence-electron chi connectivity index (χ3n) is 3.48. The van der Waals surface area contributed by atoms with E-state index in [0.29, 0.717) is 22.1 Å². The molecule has 3 aromatic rings. The van der Waals surface area contributed by atoms with Gasteiger partial charge in [-0.2, -0.15) is 0 Å². The normalized spacial score (nSPS) is 10.5. The summed E-state index contributed by atoms with van der Waals surface area (Å²) >= 11 is 0. The molecule has 0 radical (unpaired) electrons. The fraction of sp³-hybridized carbons (Fsp3) is 0. The second kappa shape index (κ2) is 5.88. The molecular formula is C18H12FNO3. The van der Waals surface area contributed by atoms with Gasteiger partial charge in [0.25, 0.3) is 0 Å². The molecule has 0 aliphatic heterocycles. The van der Waals surface area contributed by atoms with E-state index in [4.69, 9.17) is 10.5 Å². The predicted molar refractivity (Wildman–Crippen MR) is 84.3 cm³/mol. The van der Waals surface area contributed by atoms with Crippen LogP contribution < -0.4 is 10.5 Å². The van der Waals surface area contributed by atoms with E-state index in [1.54, 1.807) is 36.4 Å². The standard InChI is InChI=1S/C18H12FNO3/c19-15-9-11(18(20)22)7-8-17(15)23-16-6-2-4-13-12(10-21)3-1-5-14(13)16/h1-10H,(H2,20,22). The number of carbonyl (C=O) groups is 2. The molecule has 0 aromatic heterocycles. The van der Waals surface area contributed by atoms with Crippen LogP contribution in [-0.2, 0) is 0 Å². The first kappa shape index (κ1) is 14.7. The zero-order chi connectivity index (χ0) is 16.4. The van der Waals surface area contributed by atoms with Gasteiger partial charge in [0.05, 0.1) is 0 Å². The van der Waals surface area contributed by atoms with Crippen molar-refractivity contribution in [2.45, 2.75) is 0 Å². The molecule has 0 unspecified atom stereocenters. The van der Waals surface area contributed by atoms with Gasteiger partial charge in [-0.05, 0) is 29.7 Å². The summed E-state index contributed by atoms with van der Waals surface area (Å²) in [6.45, 7) is 0. The fourth-order valence-electron chi connectivity index (χ4n) is 2.35. The van der Waals surface area contributed by atoms with E-state index >= 15 is 0 Å². The number of halogens is 1. The number of fused-ring (bicyclic) bond motifs is 1. The highest BCUT2D eigenvalue weighted by Gasteiger charge is 2.11. The lowest BCUT2D eigenvalue weighted by Crippen LogP contribution is -2.11. The van der Waals surface area contributed by atoms with Gasteiger partial charge in [0.1, 0.15) is 5.75 Å². The Hall–Kier alpha value is -3.21. The monoisotopic (exact) mass is 309 g/mol. The smallest absolute Gasteiger partial charge is 0.248 e. The van der Waals surface area contributed by atoms with Gasteiger partial charge in [0.15, 0.2) is 17.9 Å². The van der Waals surface area contributed by atoms with Gasteiger partial charge < -0.3 is 10.5 Å². The van der Waals surface area contributed by atoms with E-state index in [1.807, 2.05) is 0 Å². The van der Waals surface area contributed by atoms with Gasteiger partial charge in [-0.15, -0.1) is 0 Å². The van der Waals surface area contributed by atoms with Crippen LogP contribution >= 0.6 is 0 Å². The van der Waals surface area contributed by atoms with Gasteiger partial charge >= 0.3 is 0 Å². The van der Waals surface area contributed by atoms with E-state index < -0.39 is 11.7 Å². The molecule has 5 heteroatoms. The lowest BCUT2D eigenvalue weighted by molar-refractivity contribution is 0.0999. The fourth-order valence-corrected chi connectivity index (χ4v) is 2.35. The van der Waals surface area contributed by atoms with Crippen molar-refractivity contribution in [3.8, 4) is 11.5 Å². The maximum absolute atomic E-state index is 14.1. The van der Waals surface area contributed by atoms with E-state index in [2.05, 4.69) is 0 Å². The molecule has 4 nitrogen and oxygen atoms in total. The SMILES string of the molecule is NC(=O)c1ccc(Oc2cccc3c(C=O)cccc23)c(F)c1. The van der Waals surface area contributed by atoms with Crippen molar-refractivity contribution < 1.29 is 18.7 Å². The number of aldehydes is 1. The minimum absolute atomic E-state index is 0.0287. The van der Waals surface area contributed by atoms with Gasteiger partial charge in [0, 0.05) is 16.5 Å².